The molecule has 1 rings (SSSR count). The Balaban J connectivity index is 2.45. The molecule has 0 atom stereocenters. The van der Waals surface area contributed by atoms with Crippen LogP contribution >= 0.6 is 0 Å². The van der Waals surface area contributed by atoms with E-state index in [1.165, 1.54) is 51.4 Å². The molecule has 0 amide bonds. The minimum absolute atomic E-state index is 0.115. The summed E-state index contributed by atoms with van der Waals surface area (Å²) < 4.78 is 6.42. The van der Waals surface area contributed by atoms with Gasteiger partial charge in [0.05, 0.1) is 5.60 Å². The van der Waals surface area contributed by atoms with Gasteiger partial charge in [-0.15, -0.1) is 0 Å². The van der Waals surface area contributed by atoms with Crippen LogP contribution in [0.25, 0.3) is 0 Å². The molecule has 1 fully saturated rings. The summed E-state index contributed by atoms with van der Waals surface area (Å²) in [5.41, 5.74) is 0.565. The Morgan fingerprint density at radius 1 is 1.05 bits per heavy atom. The first-order valence-corrected chi connectivity index (χ1v) is 9.28. The van der Waals surface area contributed by atoms with Crippen LogP contribution in [0.2, 0.25) is 0 Å². The summed E-state index contributed by atoms with van der Waals surface area (Å²) in [5.74, 6) is 0.857. The zero-order chi connectivity index (χ0) is 15.8. The summed E-state index contributed by atoms with van der Waals surface area (Å²) in [6.45, 7) is 14.7. The van der Waals surface area contributed by atoms with Crippen molar-refractivity contribution in [1.82, 2.24) is 5.32 Å². The van der Waals surface area contributed by atoms with Gasteiger partial charge in [0.1, 0.15) is 0 Å². The molecule has 0 radical (unpaired) electrons. The Morgan fingerprint density at radius 3 is 2.24 bits per heavy atom. The predicted octanol–water partition coefficient (Wildman–Crippen LogP) is 5.17. The molecule has 0 aliphatic heterocycles. The third-order valence-corrected chi connectivity index (χ3v) is 5.22. The van der Waals surface area contributed by atoms with Crippen molar-refractivity contribution in [1.29, 1.82) is 0 Å². The van der Waals surface area contributed by atoms with Gasteiger partial charge in [-0.1, -0.05) is 53.9 Å². The zero-order valence-electron chi connectivity index (χ0n) is 15.3. The Morgan fingerprint density at radius 2 is 1.71 bits per heavy atom. The molecule has 0 aromatic rings. The van der Waals surface area contributed by atoms with Crippen LogP contribution < -0.4 is 5.32 Å². The van der Waals surface area contributed by atoms with E-state index in [-0.39, 0.29) is 5.60 Å². The first-order chi connectivity index (χ1) is 9.93. The van der Waals surface area contributed by atoms with Gasteiger partial charge < -0.3 is 10.1 Å². The lowest BCUT2D eigenvalue weighted by Crippen LogP contribution is -2.47. The average molecular weight is 298 g/mol. The third kappa shape index (κ3) is 6.69. The second-order valence-corrected chi connectivity index (χ2v) is 8.01. The summed E-state index contributed by atoms with van der Waals surface area (Å²) in [6, 6.07) is 0. The van der Waals surface area contributed by atoms with Crippen LogP contribution in [0.3, 0.4) is 0 Å². The minimum Gasteiger partial charge on any atom is -0.374 e. The van der Waals surface area contributed by atoms with Gasteiger partial charge >= 0.3 is 0 Å². The molecule has 0 aromatic heterocycles. The van der Waals surface area contributed by atoms with E-state index in [0.29, 0.717) is 5.41 Å². The fraction of sp³-hybridized carbons (Fsp3) is 1.00. The summed E-state index contributed by atoms with van der Waals surface area (Å²) in [4.78, 5) is 0. The van der Waals surface area contributed by atoms with Crippen LogP contribution in [0, 0.1) is 11.3 Å². The van der Waals surface area contributed by atoms with E-state index in [9.17, 15) is 0 Å². The van der Waals surface area contributed by atoms with Crippen molar-refractivity contribution in [2.24, 2.45) is 11.3 Å². The Hall–Kier alpha value is -0.0800. The molecule has 0 heterocycles. The second-order valence-electron chi connectivity index (χ2n) is 8.01. The van der Waals surface area contributed by atoms with Gasteiger partial charge in [-0.2, -0.15) is 0 Å². The van der Waals surface area contributed by atoms with Crippen molar-refractivity contribution in [2.75, 3.05) is 19.7 Å². The molecule has 0 spiro atoms. The molecule has 0 saturated heterocycles. The van der Waals surface area contributed by atoms with Crippen LogP contribution in [-0.2, 0) is 4.74 Å². The number of hydrogen-bond donors (Lipinski definition) is 1. The quantitative estimate of drug-likeness (QED) is 0.593. The first-order valence-electron chi connectivity index (χ1n) is 9.28. The van der Waals surface area contributed by atoms with Crippen LogP contribution in [-0.4, -0.2) is 25.3 Å². The summed E-state index contributed by atoms with van der Waals surface area (Å²) in [5, 5.41) is 3.54. The summed E-state index contributed by atoms with van der Waals surface area (Å²) in [6.07, 6.45) is 10.3. The highest BCUT2D eigenvalue weighted by Crippen LogP contribution is 2.42. The van der Waals surface area contributed by atoms with E-state index in [0.717, 1.165) is 25.6 Å². The number of ether oxygens (including phenoxy) is 1. The fourth-order valence-corrected chi connectivity index (χ4v) is 3.55. The van der Waals surface area contributed by atoms with Gasteiger partial charge in [0.15, 0.2) is 0 Å². The van der Waals surface area contributed by atoms with Crippen molar-refractivity contribution in [3.8, 4) is 0 Å². The maximum absolute atomic E-state index is 6.42. The number of hydrogen-bond acceptors (Lipinski definition) is 2. The van der Waals surface area contributed by atoms with E-state index in [1.54, 1.807) is 0 Å². The maximum atomic E-state index is 6.42. The standard InChI is InChI=1S/C19H39NO/c1-6-8-9-10-15-21-19(16-20-7-2)13-11-17(12-14-19)18(3,4)5/h17,20H,6-16H2,1-5H3. The molecular formula is C19H39NO. The van der Waals surface area contributed by atoms with Gasteiger partial charge in [0, 0.05) is 13.2 Å². The van der Waals surface area contributed by atoms with Crippen molar-refractivity contribution < 1.29 is 4.74 Å². The third-order valence-electron chi connectivity index (χ3n) is 5.22. The molecule has 0 bridgehead atoms. The average Bonchev–Trinajstić information content (AvgIpc) is 2.45. The Kier molecular flexibility index (Phi) is 8.26. The van der Waals surface area contributed by atoms with Crippen LogP contribution in [0.15, 0.2) is 0 Å². The number of unbranched alkanes of at least 4 members (excludes halogenated alkanes) is 3. The van der Waals surface area contributed by atoms with Crippen molar-refractivity contribution in [3.63, 3.8) is 0 Å². The Bertz CT molecular complexity index is 261. The van der Waals surface area contributed by atoms with E-state index in [4.69, 9.17) is 4.74 Å². The van der Waals surface area contributed by atoms with Crippen molar-refractivity contribution in [2.45, 2.75) is 91.6 Å². The van der Waals surface area contributed by atoms with E-state index < -0.39 is 0 Å². The minimum atomic E-state index is 0.115. The van der Waals surface area contributed by atoms with Crippen LogP contribution in [0.5, 0.6) is 0 Å². The molecule has 0 unspecified atom stereocenters. The fourth-order valence-electron chi connectivity index (χ4n) is 3.55. The molecular weight excluding hydrogens is 258 g/mol. The smallest absolute Gasteiger partial charge is 0.0806 e. The van der Waals surface area contributed by atoms with Gasteiger partial charge in [-0.25, -0.2) is 0 Å². The molecule has 1 aliphatic carbocycles. The molecule has 21 heavy (non-hydrogen) atoms. The van der Waals surface area contributed by atoms with Gasteiger partial charge in [0.25, 0.3) is 0 Å². The number of nitrogens with one attached hydrogen (secondary N) is 1. The molecule has 2 nitrogen and oxygen atoms in total. The van der Waals surface area contributed by atoms with Gasteiger partial charge in [0.2, 0.25) is 0 Å². The number of likely N-dealkylation sites (N-methyl/N-ethyl adjacent to an activating group) is 1. The zero-order valence-corrected chi connectivity index (χ0v) is 15.3. The lowest BCUT2D eigenvalue weighted by atomic mass is 9.68. The first kappa shape index (κ1) is 19.0. The normalized spacial score (nSPS) is 27.0. The van der Waals surface area contributed by atoms with Crippen molar-refractivity contribution in [3.05, 3.63) is 0 Å². The van der Waals surface area contributed by atoms with Crippen LogP contribution in [0.4, 0.5) is 0 Å². The predicted molar refractivity (Wildman–Crippen MR) is 92.8 cm³/mol. The molecule has 126 valence electrons. The monoisotopic (exact) mass is 297 g/mol. The van der Waals surface area contributed by atoms with E-state index >= 15 is 0 Å². The molecule has 0 aromatic carbocycles. The summed E-state index contributed by atoms with van der Waals surface area (Å²) in [7, 11) is 0. The van der Waals surface area contributed by atoms with Gasteiger partial charge in [-0.05, 0) is 50.0 Å². The lowest BCUT2D eigenvalue weighted by molar-refractivity contribution is -0.0852. The van der Waals surface area contributed by atoms with Crippen molar-refractivity contribution >= 4 is 0 Å². The highest BCUT2D eigenvalue weighted by atomic mass is 16.5. The number of rotatable bonds is 9. The largest absolute Gasteiger partial charge is 0.374 e. The topological polar surface area (TPSA) is 21.3 Å². The SMILES string of the molecule is CCCCCCOC1(CNCC)CCC(C(C)(C)C)CC1. The summed E-state index contributed by atoms with van der Waals surface area (Å²) >= 11 is 0. The highest BCUT2D eigenvalue weighted by Gasteiger charge is 2.39. The lowest BCUT2D eigenvalue weighted by Gasteiger charge is -2.44. The van der Waals surface area contributed by atoms with Gasteiger partial charge in [-0.3, -0.25) is 0 Å². The molecule has 1 saturated carbocycles. The molecule has 1 aliphatic rings. The maximum Gasteiger partial charge on any atom is 0.0806 e. The second kappa shape index (κ2) is 9.15. The van der Waals surface area contributed by atoms with Crippen LogP contribution in [0.1, 0.15) is 86.0 Å². The Labute approximate surface area is 133 Å². The highest BCUT2D eigenvalue weighted by molar-refractivity contribution is 4.92. The van der Waals surface area contributed by atoms with E-state index in [2.05, 4.69) is 39.9 Å². The molecule has 2 heteroatoms. The van der Waals surface area contributed by atoms with E-state index in [1.807, 2.05) is 0 Å². The molecule has 1 N–H and O–H groups in total.